The summed E-state index contributed by atoms with van der Waals surface area (Å²) in [5, 5.41) is 0. The molecule has 0 heterocycles. The Morgan fingerprint density at radius 1 is 0.875 bits per heavy atom. The maximum Gasteiger partial charge on any atom is 0.113 e. The highest BCUT2D eigenvalue weighted by molar-refractivity contribution is 6.09. The van der Waals surface area contributed by atoms with Gasteiger partial charge in [-0.2, -0.15) is 0 Å². The Morgan fingerprint density at radius 3 is 2.46 bits per heavy atom. The lowest BCUT2D eigenvalue weighted by molar-refractivity contribution is 0.516. The van der Waals surface area contributed by atoms with E-state index in [1.54, 1.807) is 0 Å². The van der Waals surface area contributed by atoms with Crippen LogP contribution in [0.25, 0.3) is 11.1 Å². The molecule has 2 aromatic carbocycles. The van der Waals surface area contributed by atoms with Crippen molar-refractivity contribution in [1.82, 2.24) is 0 Å². The fourth-order valence-electron chi connectivity index (χ4n) is 4.26. The van der Waals surface area contributed by atoms with Crippen LogP contribution in [0.5, 0.6) is 0 Å². The van der Waals surface area contributed by atoms with Gasteiger partial charge in [-0.05, 0) is 44.0 Å². The van der Waals surface area contributed by atoms with Gasteiger partial charge in [0.05, 0.1) is 11.1 Å². The second-order valence-electron chi connectivity index (χ2n) is 8.06. The topological polar surface area (TPSA) is 0 Å². The van der Waals surface area contributed by atoms with Crippen LogP contribution in [0.1, 0.15) is 48.6 Å². The van der Waals surface area contributed by atoms with Crippen LogP contribution in [0.2, 0.25) is 0 Å². The molecule has 0 saturated heterocycles. The third-order valence-corrected chi connectivity index (χ3v) is 5.51. The molecular formula is C24H21+. The Morgan fingerprint density at radius 2 is 1.62 bits per heavy atom. The molecular weight excluding hydrogens is 288 g/mol. The zero-order chi connectivity index (χ0) is 16.5. The molecule has 3 aliphatic carbocycles. The minimum atomic E-state index is 0.174. The molecule has 24 heavy (non-hydrogen) atoms. The predicted octanol–water partition coefficient (Wildman–Crippen LogP) is 5.98. The molecule has 0 heteroatoms. The Hall–Kier alpha value is -2.47. The van der Waals surface area contributed by atoms with E-state index in [9.17, 15) is 0 Å². The molecule has 116 valence electrons. The third-order valence-electron chi connectivity index (χ3n) is 5.51. The van der Waals surface area contributed by atoms with E-state index < -0.39 is 0 Å². The molecule has 0 radical (unpaired) electrons. The average molecular weight is 309 g/mol. The van der Waals surface area contributed by atoms with Gasteiger partial charge < -0.3 is 0 Å². The SMILES string of the molecule is CC(C)(C)C1=C[CH+]C2=C3c4ccccc4Cc4cccc(c43)C2=C1. The first-order valence-corrected chi connectivity index (χ1v) is 8.77. The van der Waals surface area contributed by atoms with E-state index in [1.807, 2.05) is 0 Å². The minimum absolute atomic E-state index is 0.174. The molecule has 0 fully saturated rings. The van der Waals surface area contributed by atoms with Crippen molar-refractivity contribution in [3.05, 3.63) is 100 Å². The maximum atomic E-state index is 2.42. The third kappa shape index (κ3) is 1.77. The van der Waals surface area contributed by atoms with Gasteiger partial charge in [0.15, 0.2) is 0 Å². The van der Waals surface area contributed by atoms with E-state index >= 15 is 0 Å². The number of hydrogen-bond donors (Lipinski definition) is 0. The molecule has 5 rings (SSSR count). The van der Waals surface area contributed by atoms with Crippen molar-refractivity contribution in [3.63, 3.8) is 0 Å². The van der Waals surface area contributed by atoms with E-state index in [-0.39, 0.29) is 5.41 Å². The van der Waals surface area contributed by atoms with E-state index in [1.165, 1.54) is 50.1 Å². The minimum Gasteiger partial charge on any atom is -0.0619 e. The zero-order valence-corrected chi connectivity index (χ0v) is 14.5. The first-order valence-electron chi connectivity index (χ1n) is 8.77. The molecule has 3 aliphatic rings. The van der Waals surface area contributed by atoms with Crippen LogP contribution in [-0.2, 0) is 6.42 Å². The fraction of sp³-hybridized carbons (Fsp3) is 0.208. The Labute approximate surface area is 144 Å². The summed E-state index contributed by atoms with van der Waals surface area (Å²) in [7, 11) is 0. The number of fused-ring (bicyclic) bond motifs is 4. The molecule has 0 amide bonds. The van der Waals surface area contributed by atoms with Gasteiger partial charge in [-0.1, -0.05) is 30.3 Å². The summed E-state index contributed by atoms with van der Waals surface area (Å²) in [5.41, 5.74) is 13.1. The summed E-state index contributed by atoms with van der Waals surface area (Å²) < 4.78 is 0. The van der Waals surface area contributed by atoms with Crippen molar-refractivity contribution in [1.29, 1.82) is 0 Å². The molecule has 0 atom stereocenters. The van der Waals surface area contributed by atoms with Crippen LogP contribution in [0.3, 0.4) is 0 Å². The van der Waals surface area contributed by atoms with Gasteiger partial charge in [-0.15, -0.1) is 0 Å². The molecule has 0 aromatic heterocycles. The van der Waals surface area contributed by atoms with Crippen LogP contribution in [0.15, 0.2) is 65.8 Å². The first kappa shape index (κ1) is 13.9. The molecule has 0 spiro atoms. The molecule has 0 unspecified atom stereocenters. The summed E-state index contributed by atoms with van der Waals surface area (Å²) in [5.74, 6) is 0. The number of hydrogen-bond acceptors (Lipinski definition) is 0. The lowest BCUT2D eigenvalue weighted by atomic mass is 9.79. The summed E-state index contributed by atoms with van der Waals surface area (Å²) in [4.78, 5) is 0. The van der Waals surface area contributed by atoms with Gasteiger partial charge >= 0.3 is 0 Å². The van der Waals surface area contributed by atoms with Crippen LogP contribution in [-0.4, -0.2) is 0 Å². The number of rotatable bonds is 0. The highest BCUT2D eigenvalue weighted by Gasteiger charge is 2.41. The highest BCUT2D eigenvalue weighted by Crippen LogP contribution is 2.52. The lowest BCUT2D eigenvalue weighted by Crippen LogP contribution is -2.10. The molecule has 2 aromatic rings. The van der Waals surface area contributed by atoms with Gasteiger partial charge in [-0.25, -0.2) is 0 Å². The van der Waals surface area contributed by atoms with E-state index in [0.717, 1.165) is 6.42 Å². The first-order chi connectivity index (χ1) is 11.5. The Bertz CT molecular complexity index is 971. The summed E-state index contributed by atoms with van der Waals surface area (Å²) in [6.07, 6.45) is 8.12. The largest absolute Gasteiger partial charge is 0.113 e. The van der Waals surface area contributed by atoms with Crippen LogP contribution < -0.4 is 0 Å². The fourth-order valence-corrected chi connectivity index (χ4v) is 4.26. The Kier molecular flexibility index (Phi) is 2.63. The van der Waals surface area contributed by atoms with Crippen molar-refractivity contribution in [2.45, 2.75) is 27.2 Å². The van der Waals surface area contributed by atoms with Crippen molar-refractivity contribution < 1.29 is 0 Å². The second kappa shape index (κ2) is 4.54. The van der Waals surface area contributed by atoms with Crippen molar-refractivity contribution >= 4 is 11.1 Å². The standard InChI is InChI=1S/C24H21/c1-24(2,3)17-11-12-20-21(14-17)19-10-6-8-16-13-15-7-4-5-9-18(15)23(20)22(16)19/h4-12,14H,13H2,1-3H3/q+1. The van der Waals surface area contributed by atoms with Crippen molar-refractivity contribution in [2.75, 3.05) is 0 Å². The molecule has 0 nitrogen and oxygen atoms in total. The molecule has 0 saturated carbocycles. The second-order valence-corrected chi connectivity index (χ2v) is 8.06. The van der Waals surface area contributed by atoms with Gasteiger partial charge in [0.25, 0.3) is 0 Å². The van der Waals surface area contributed by atoms with Gasteiger partial charge in [0, 0.05) is 52.7 Å². The monoisotopic (exact) mass is 309 g/mol. The number of benzene rings is 2. The van der Waals surface area contributed by atoms with Gasteiger partial charge in [-0.3, -0.25) is 0 Å². The highest BCUT2D eigenvalue weighted by atomic mass is 14.4. The molecule has 0 N–H and O–H groups in total. The Balaban J connectivity index is 1.82. The normalized spacial score (nSPS) is 17.5. The summed E-state index contributed by atoms with van der Waals surface area (Å²) in [6, 6.07) is 15.7. The van der Waals surface area contributed by atoms with Gasteiger partial charge in [0.1, 0.15) is 5.57 Å². The smallest absolute Gasteiger partial charge is 0.0619 e. The lowest BCUT2D eigenvalue weighted by Gasteiger charge is -2.19. The number of allylic oxidation sites excluding steroid dienone is 5. The van der Waals surface area contributed by atoms with Crippen molar-refractivity contribution in [3.8, 4) is 0 Å². The van der Waals surface area contributed by atoms with Crippen LogP contribution in [0, 0.1) is 11.8 Å². The molecule has 0 bridgehead atoms. The van der Waals surface area contributed by atoms with Gasteiger partial charge in [0.2, 0.25) is 0 Å². The van der Waals surface area contributed by atoms with E-state index in [2.05, 4.69) is 81.8 Å². The van der Waals surface area contributed by atoms with Crippen LogP contribution >= 0.6 is 0 Å². The van der Waals surface area contributed by atoms with Crippen molar-refractivity contribution in [2.24, 2.45) is 5.41 Å². The zero-order valence-electron chi connectivity index (χ0n) is 14.5. The molecule has 0 aliphatic heterocycles. The van der Waals surface area contributed by atoms with Crippen LogP contribution in [0.4, 0.5) is 0 Å². The van der Waals surface area contributed by atoms with E-state index in [0.29, 0.717) is 0 Å². The average Bonchev–Trinajstić information content (AvgIpc) is 2.90. The predicted molar refractivity (Wildman–Crippen MR) is 102 cm³/mol. The van der Waals surface area contributed by atoms with E-state index in [4.69, 9.17) is 0 Å². The summed E-state index contributed by atoms with van der Waals surface area (Å²) >= 11 is 0. The maximum absolute atomic E-state index is 2.42. The quantitative estimate of drug-likeness (QED) is 0.448. The summed E-state index contributed by atoms with van der Waals surface area (Å²) in [6.45, 7) is 6.87.